The molecular formula is C21H26Br2N2O6. The Bertz CT molecular complexity index is 868. The van der Waals surface area contributed by atoms with Crippen molar-refractivity contribution < 1.29 is 28.9 Å². The number of nitrogens with one attached hydrogen (secondary N) is 1. The third-order valence-corrected chi connectivity index (χ3v) is 6.55. The van der Waals surface area contributed by atoms with Crippen LogP contribution in [-0.4, -0.2) is 56.7 Å². The molecule has 2 aliphatic rings. The second-order valence-electron chi connectivity index (χ2n) is 7.50. The van der Waals surface area contributed by atoms with Gasteiger partial charge in [0.25, 0.3) is 0 Å². The first-order valence-corrected chi connectivity index (χ1v) is 11.6. The van der Waals surface area contributed by atoms with Crippen LogP contribution in [0.2, 0.25) is 0 Å². The molecular weight excluding hydrogens is 536 g/mol. The van der Waals surface area contributed by atoms with Crippen LogP contribution in [0.25, 0.3) is 0 Å². The fraction of sp³-hybridized carbons (Fsp3) is 0.524. The molecule has 0 amide bonds. The lowest BCUT2D eigenvalue weighted by Gasteiger charge is -2.34. The summed E-state index contributed by atoms with van der Waals surface area (Å²) in [4.78, 5) is 26.6. The summed E-state index contributed by atoms with van der Waals surface area (Å²) in [5.74, 6) is -1.28. The van der Waals surface area contributed by atoms with Crippen LogP contribution < -0.4 is 10.2 Å². The molecule has 0 unspecified atom stereocenters. The molecule has 0 radical (unpaired) electrons. The van der Waals surface area contributed by atoms with Gasteiger partial charge in [-0.05, 0) is 59.3 Å². The maximum atomic E-state index is 12.7. The predicted octanol–water partition coefficient (Wildman–Crippen LogP) is 3.00. The number of methoxy groups -OCH3 is 2. The largest absolute Gasteiger partial charge is 0.466 e. The summed E-state index contributed by atoms with van der Waals surface area (Å²) in [7, 11) is 2.53. The van der Waals surface area contributed by atoms with E-state index in [1.54, 1.807) is 4.90 Å². The minimum Gasteiger partial charge on any atom is -0.466 e. The van der Waals surface area contributed by atoms with Crippen LogP contribution in [0.1, 0.15) is 31.2 Å². The van der Waals surface area contributed by atoms with Gasteiger partial charge in [-0.2, -0.15) is 0 Å². The average molecular weight is 562 g/mol. The van der Waals surface area contributed by atoms with Gasteiger partial charge in [-0.15, -0.1) is 0 Å². The first-order valence-electron chi connectivity index (χ1n) is 10.00. The Balaban J connectivity index is 1.98. The summed E-state index contributed by atoms with van der Waals surface area (Å²) in [6, 6.07) is 4.14. The standard InChI is InChI=1S/C21H26Br2N2O6/c1-29-20(27)16-10-31-11-25(19(16)21(28)30-2)18-12(7-13(22)8-17(18)23)9-24-14-3-5-15(26)6-4-14/h7-8,14-15,24,26H,3-6,9-11H2,1-2H3. The van der Waals surface area contributed by atoms with Gasteiger partial charge in [-0.3, -0.25) is 0 Å². The van der Waals surface area contributed by atoms with E-state index in [4.69, 9.17) is 14.2 Å². The van der Waals surface area contributed by atoms with Crippen LogP contribution in [0, 0.1) is 0 Å². The van der Waals surface area contributed by atoms with Crippen molar-refractivity contribution in [3.05, 3.63) is 37.9 Å². The van der Waals surface area contributed by atoms with Crippen molar-refractivity contribution >= 4 is 49.5 Å². The molecule has 0 atom stereocenters. The maximum Gasteiger partial charge on any atom is 0.355 e. The fourth-order valence-electron chi connectivity index (χ4n) is 3.91. The summed E-state index contributed by atoms with van der Waals surface area (Å²) < 4.78 is 17.0. The zero-order chi connectivity index (χ0) is 22.5. The molecule has 10 heteroatoms. The molecule has 1 saturated carbocycles. The van der Waals surface area contributed by atoms with Crippen molar-refractivity contribution in [3.63, 3.8) is 0 Å². The molecule has 0 spiro atoms. The number of anilines is 1. The van der Waals surface area contributed by atoms with Crippen LogP contribution in [-0.2, 0) is 30.3 Å². The van der Waals surface area contributed by atoms with Gasteiger partial charge in [0, 0.05) is 21.5 Å². The van der Waals surface area contributed by atoms with Gasteiger partial charge in [-0.25, -0.2) is 9.59 Å². The number of benzene rings is 1. The summed E-state index contributed by atoms with van der Waals surface area (Å²) in [6.07, 6.45) is 3.15. The van der Waals surface area contributed by atoms with Crippen LogP contribution in [0.4, 0.5) is 5.69 Å². The van der Waals surface area contributed by atoms with E-state index in [2.05, 4.69) is 37.2 Å². The topological polar surface area (TPSA) is 97.3 Å². The van der Waals surface area contributed by atoms with Gasteiger partial charge in [0.15, 0.2) is 0 Å². The van der Waals surface area contributed by atoms with Gasteiger partial charge in [-0.1, -0.05) is 15.9 Å². The highest BCUT2D eigenvalue weighted by Gasteiger charge is 2.34. The highest BCUT2D eigenvalue weighted by Crippen LogP contribution is 2.38. The van der Waals surface area contributed by atoms with E-state index < -0.39 is 11.9 Å². The molecule has 1 heterocycles. The monoisotopic (exact) mass is 560 g/mol. The third-order valence-electron chi connectivity index (χ3n) is 5.49. The van der Waals surface area contributed by atoms with Crippen molar-refractivity contribution in [1.82, 2.24) is 5.32 Å². The van der Waals surface area contributed by atoms with Gasteiger partial charge in [0.2, 0.25) is 0 Å². The molecule has 8 nitrogen and oxygen atoms in total. The third kappa shape index (κ3) is 5.67. The van der Waals surface area contributed by atoms with Gasteiger partial charge < -0.3 is 29.5 Å². The Morgan fingerprint density at radius 3 is 2.48 bits per heavy atom. The molecule has 1 aliphatic carbocycles. The van der Waals surface area contributed by atoms with E-state index in [0.717, 1.165) is 40.2 Å². The number of carbonyl (C=O) groups is 2. The van der Waals surface area contributed by atoms with Crippen molar-refractivity contribution in [2.24, 2.45) is 0 Å². The SMILES string of the molecule is COC(=O)C1=C(C(=O)OC)N(c2c(Br)cc(Br)cc2CNC2CCC(O)CC2)COC1. The van der Waals surface area contributed by atoms with Crippen molar-refractivity contribution in [2.75, 3.05) is 32.5 Å². The minimum absolute atomic E-state index is 0.0419. The van der Waals surface area contributed by atoms with Crippen LogP contribution >= 0.6 is 31.9 Å². The molecule has 170 valence electrons. The quantitative estimate of drug-likeness (QED) is 0.512. The number of aliphatic hydroxyl groups is 1. The lowest BCUT2D eigenvalue weighted by Crippen LogP contribution is -2.40. The number of carbonyl (C=O) groups excluding carboxylic acids is 2. The Morgan fingerprint density at radius 1 is 1.16 bits per heavy atom. The molecule has 0 bridgehead atoms. The molecule has 0 saturated heterocycles. The highest BCUT2D eigenvalue weighted by atomic mass is 79.9. The Kier molecular flexibility index (Phi) is 8.51. The summed E-state index contributed by atoms with van der Waals surface area (Å²) in [5, 5.41) is 13.3. The number of hydrogen-bond donors (Lipinski definition) is 2. The average Bonchev–Trinajstić information content (AvgIpc) is 2.76. The van der Waals surface area contributed by atoms with Gasteiger partial charge in [0.1, 0.15) is 12.4 Å². The van der Waals surface area contributed by atoms with Crippen LogP contribution in [0.5, 0.6) is 0 Å². The van der Waals surface area contributed by atoms with Crippen molar-refractivity contribution in [3.8, 4) is 0 Å². The summed E-state index contributed by atoms with van der Waals surface area (Å²) in [5.41, 5.74) is 1.82. The van der Waals surface area contributed by atoms with E-state index in [1.165, 1.54) is 14.2 Å². The van der Waals surface area contributed by atoms with Gasteiger partial charge >= 0.3 is 11.9 Å². The number of nitrogens with zero attached hydrogens (tertiary/aromatic N) is 1. The Labute approximate surface area is 198 Å². The second kappa shape index (κ2) is 10.9. The fourth-order valence-corrected chi connectivity index (χ4v) is 5.44. The second-order valence-corrected chi connectivity index (χ2v) is 9.27. The molecule has 1 aliphatic heterocycles. The Hall–Kier alpha value is -1.46. The smallest absolute Gasteiger partial charge is 0.355 e. The molecule has 1 fully saturated rings. The normalized spacial score (nSPS) is 21.8. The summed E-state index contributed by atoms with van der Waals surface area (Å²) >= 11 is 7.13. The first-order chi connectivity index (χ1) is 14.8. The number of aliphatic hydroxyl groups excluding tert-OH is 1. The molecule has 1 aromatic rings. The minimum atomic E-state index is -0.640. The lowest BCUT2D eigenvalue weighted by atomic mass is 9.93. The number of halogens is 2. The number of ether oxygens (including phenoxy) is 3. The van der Waals surface area contributed by atoms with Crippen molar-refractivity contribution in [2.45, 2.75) is 44.4 Å². The zero-order valence-electron chi connectivity index (χ0n) is 17.5. The van der Waals surface area contributed by atoms with Crippen LogP contribution in [0.3, 0.4) is 0 Å². The Morgan fingerprint density at radius 2 is 1.84 bits per heavy atom. The van der Waals surface area contributed by atoms with Gasteiger partial charge in [0.05, 0.1) is 38.2 Å². The highest BCUT2D eigenvalue weighted by molar-refractivity contribution is 9.11. The van der Waals surface area contributed by atoms with E-state index in [9.17, 15) is 14.7 Å². The zero-order valence-corrected chi connectivity index (χ0v) is 20.6. The molecule has 31 heavy (non-hydrogen) atoms. The maximum absolute atomic E-state index is 12.7. The first kappa shape index (κ1) is 24.2. The number of esters is 2. The molecule has 2 N–H and O–H groups in total. The molecule has 1 aromatic carbocycles. The van der Waals surface area contributed by atoms with Crippen LogP contribution in [0.15, 0.2) is 32.3 Å². The number of rotatable bonds is 6. The van der Waals surface area contributed by atoms with E-state index >= 15 is 0 Å². The summed E-state index contributed by atoms with van der Waals surface area (Å²) in [6.45, 7) is 0.570. The molecule has 3 rings (SSSR count). The van der Waals surface area contributed by atoms with E-state index in [1.807, 2.05) is 12.1 Å². The van der Waals surface area contributed by atoms with E-state index in [0.29, 0.717) is 18.3 Å². The lowest BCUT2D eigenvalue weighted by molar-refractivity contribution is -0.140. The number of hydrogen-bond acceptors (Lipinski definition) is 8. The molecule has 0 aromatic heterocycles. The predicted molar refractivity (Wildman–Crippen MR) is 121 cm³/mol. The van der Waals surface area contributed by atoms with Crippen molar-refractivity contribution in [1.29, 1.82) is 0 Å². The van der Waals surface area contributed by atoms with E-state index in [-0.39, 0.29) is 30.7 Å².